The molecule has 0 saturated carbocycles. The zero-order valence-corrected chi connectivity index (χ0v) is 11.5. The van der Waals surface area contributed by atoms with E-state index in [1.54, 1.807) is 12.0 Å². The van der Waals surface area contributed by atoms with E-state index < -0.39 is 0 Å². The van der Waals surface area contributed by atoms with E-state index in [0.717, 1.165) is 15.9 Å². The number of hydrogen-bond donors (Lipinski definition) is 1. The fraction of sp³-hybridized carbons (Fsp3) is 0.417. The number of halogens is 1. The molecule has 92 valence electrons. The number of methoxy groups -OCH3 is 1. The van der Waals surface area contributed by atoms with Gasteiger partial charge < -0.3 is 15.0 Å². The Morgan fingerprint density at radius 1 is 1.53 bits per heavy atom. The monoisotopic (exact) mass is 298 g/mol. The molecule has 1 unspecified atom stereocenters. The number of anilines is 1. The van der Waals surface area contributed by atoms with Crippen molar-refractivity contribution in [2.24, 2.45) is 0 Å². The van der Waals surface area contributed by atoms with E-state index in [0.29, 0.717) is 13.0 Å². The average Bonchev–Trinajstić information content (AvgIpc) is 2.70. The maximum absolute atomic E-state index is 11.8. The molecule has 1 amide bonds. The normalized spacial score (nSPS) is 19.8. The van der Waals surface area contributed by atoms with E-state index in [4.69, 9.17) is 4.74 Å². The van der Waals surface area contributed by atoms with Gasteiger partial charge in [-0.3, -0.25) is 4.79 Å². The first kappa shape index (κ1) is 12.4. The highest BCUT2D eigenvalue weighted by Gasteiger charge is 2.29. The zero-order chi connectivity index (χ0) is 12.4. The second-order valence-corrected chi connectivity index (χ2v) is 4.87. The number of hydrogen-bond acceptors (Lipinski definition) is 3. The summed E-state index contributed by atoms with van der Waals surface area (Å²) in [6.45, 7) is 0.716. The molecule has 1 saturated heterocycles. The van der Waals surface area contributed by atoms with Crippen LogP contribution in [0.2, 0.25) is 0 Å². The maximum Gasteiger partial charge on any atom is 0.228 e. The maximum atomic E-state index is 11.8. The number of rotatable bonds is 3. The predicted octanol–water partition coefficient (Wildman–Crippen LogP) is 1.78. The van der Waals surface area contributed by atoms with Crippen molar-refractivity contribution < 1.29 is 9.53 Å². The largest absolute Gasteiger partial charge is 0.496 e. The smallest absolute Gasteiger partial charge is 0.228 e. The Labute approximate surface area is 109 Å². The lowest BCUT2D eigenvalue weighted by Gasteiger charge is -2.17. The molecule has 1 aliphatic heterocycles. The Kier molecular flexibility index (Phi) is 3.69. The molecule has 2 rings (SSSR count). The van der Waals surface area contributed by atoms with Crippen LogP contribution in [0.5, 0.6) is 5.75 Å². The molecule has 0 spiro atoms. The third-order valence-corrected chi connectivity index (χ3v) is 3.60. The van der Waals surface area contributed by atoms with Gasteiger partial charge in [0.05, 0.1) is 11.6 Å². The lowest BCUT2D eigenvalue weighted by Crippen LogP contribution is -2.30. The molecule has 4 nitrogen and oxygen atoms in total. The number of carbonyl (C=O) groups is 1. The zero-order valence-electron chi connectivity index (χ0n) is 9.87. The van der Waals surface area contributed by atoms with Crippen molar-refractivity contribution >= 4 is 27.5 Å². The van der Waals surface area contributed by atoms with Crippen molar-refractivity contribution in [3.8, 4) is 5.75 Å². The lowest BCUT2D eigenvalue weighted by molar-refractivity contribution is -0.117. The highest BCUT2D eigenvalue weighted by Crippen LogP contribution is 2.31. The van der Waals surface area contributed by atoms with E-state index in [1.165, 1.54) is 0 Å². The fourth-order valence-electron chi connectivity index (χ4n) is 1.97. The number of carbonyl (C=O) groups excluding carboxylic acids is 1. The lowest BCUT2D eigenvalue weighted by atomic mass is 10.2. The minimum absolute atomic E-state index is 0.154. The van der Waals surface area contributed by atoms with Crippen molar-refractivity contribution in [3.05, 3.63) is 22.7 Å². The summed E-state index contributed by atoms with van der Waals surface area (Å²) in [6.07, 6.45) is 0.556. The quantitative estimate of drug-likeness (QED) is 0.925. The number of nitrogens with one attached hydrogen (secondary N) is 1. The minimum Gasteiger partial charge on any atom is -0.496 e. The third-order valence-electron chi connectivity index (χ3n) is 2.98. The Bertz CT molecular complexity index is 437. The van der Waals surface area contributed by atoms with Gasteiger partial charge in [-0.25, -0.2) is 0 Å². The van der Waals surface area contributed by atoms with E-state index in [9.17, 15) is 4.79 Å². The van der Waals surface area contributed by atoms with Gasteiger partial charge in [0.25, 0.3) is 0 Å². The molecular formula is C12H15BrN2O2. The van der Waals surface area contributed by atoms with Crippen molar-refractivity contribution in [2.45, 2.75) is 12.5 Å². The van der Waals surface area contributed by atoms with Crippen LogP contribution in [0.4, 0.5) is 5.69 Å². The summed E-state index contributed by atoms with van der Waals surface area (Å²) in [5, 5.41) is 3.13. The van der Waals surface area contributed by atoms with Crippen LogP contribution in [-0.2, 0) is 4.79 Å². The van der Waals surface area contributed by atoms with Crippen LogP contribution < -0.4 is 15.0 Å². The summed E-state index contributed by atoms with van der Waals surface area (Å²) in [5.74, 6) is 0.923. The molecule has 1 N–H and O–H groups in total. The highest BCUT2D eigenvalue weighted by molar-refractivity contribution is 9.10. The highest BCUT2D eigenvalue weighted by atomic mass is 79.9. The van der Waals surface area contributed by atoms with Gasteiger partial charge in [-0.15, -0.1) is 0 Å². The number of benzene rings is 1. The molecule has 0 bridgehead atoms. The summed E-state index contributed by atoms with van der Waals surface area (Å²) in [6, 6.07) is 5.91. The molecule has 1 aliphatic rings. The first-order valence-electron chi connectivity index (χ1n) is 5.47. The standard InChI is InChI=1S/C12H15BrN2O2/c1-14-8-5-12(16)15(7-8)9-3-4-11(17-2)10(13)6-9/h3-4,6,8,14H,5,7H2,1-2H3. The van der Waals surface area contributed by atoms with Crippen molar-refractivity contribution in [3.63, 3.8) is 0 Å². The van der Waals surface area contributed by atoms with E-state index in [2.05, 4.69) is 21.2 Å². The van der Waals surface area contributed by atoms with Crippen LogP contribution in [0, 0.1) is 0 Å². The van der Waals surface area contributed by atoms with Crippen molar-refractivity contribution in [1.29, 1.82) is 0 Å². The molecule has 5 heteroatoms. The van der Waals surface area contributed by atoms with Gasteiger partial charge in [0.1, 0.15) is 5.75 Å². The van der Waals surface area contributed by atoms with Gasteiger partial charge >= 0.3 is 0 Å². The summed E-state index contributed by atoms with van der Waals surface area (Å²) >= 11 is 3.43. The second kappa shape index (κ2) is 5.06. The van der Waals surface area contributed by atoms with E-state index in [1.807, 2.05) is 25.2 Å². The van der Waals surface area contributed by atoms with Gasteiger partial charge in [-0.05, 0) is 41.2 Å². The second-order valence-electron chi connectivity index (χ2n) is 4.01. The summed E-state index contributed by atoms with van der Waals surface area (Å²) in [4.78, 5) is 13.6. The summed E-state index contributed by atoms with van der Waals surface area (Å²) in [5.41, 5.74) is 0.903. The molecule has 1 aromatic carbocycles. The van der Waals surface area contributed by atoms with Gasteiger partial charge in [0.15, 0.2) is 0 Å². The average molecular weight is 299 g/mol. The van der Waals surface area contributed by atoms with Gasteiger partial charge in [-0.1, -0.05) is 0 Å². The van der Waals surface area contributed by atoms with Crippen molar-refractivity contribution in [1.82, 2.24) is 5.32 Å². The SMILES string of the molecule is CNC1CC(=O)N(c2ccc(OC)c(Br)c2)C1. The topological polar surface area (TPSA) is 41.6 Å². The first-order chi connectivity index (χ1) is 8.15. The Morgan fingerprint density at radius 3 is 2.82 bits per heavy atom. The van der Waals surface area contributed by atoms with Crippen LogP contribution in [0.3, 0.4) is 0 Å². The third kappa shape index (κ3) is 2.45. The molecular weight excluding hydrogens is 284 g/mol. The van der Waals surface area contributed by atoms with Crippen LogP contribution in [0.15, 0.2) is 22.7 Å². The molecule has 1 atom stereocenters. The molecule has 0 aliphatic carbocycles. The number of nitrogens with zero attached hydrogens (tertiary/aromatic N) is 1. The minimum atomic E-state index is 0.154. The van der Waals surface area contributed by atoms with Crippen LogP contribution >= 0.6 is 15.9 Å². The molecule has 0 aromatic heterocycles. The Hall–Kier alpha value is -1.07. The van der Waals surface area contributed by atoms with Gasteiger partial charge in [0.2, 0.25) is 5.91 Å². The molecule has 1 aromatic rings. The van der Waals surface area contributed by atoms with Gasteiger partial charge in [0, 0.05) is 24.7 Å². The molecule has 0 radical (unpaired) electrons. The number of amides is 1. The van der Waals surface area contributed by atoms with E-state index in [-0.39, 0.29) is 11.9 Å². The Morgan fingerprint density at radius 2 is 2.29 bits per heavy atom. The first-order valence-corrected chi connectivity index (χ1v) is 6.26. The predicted molar refractivity (Wildman–Crippen MR) is 70.5 cm³/mol. The molecule has 17 heavy (non-hydrogen) atoms. The van der Waals surface area contributed by atoms with Crippen molar-refractivity contribution in [2.75, 3.05) is 25.6 Å². The molecule has 1 heterocycles. The number of ether oxygens (including phenoxy) is 1. The van der Waals surface area contributed by atoms with Crippen LogP contribution in [0.1, 0.15) is 6.42 Å². The van der Waals surface area contributed by atoms with Gasteiger partial charge in [-0.2, -0.15) is 0 Å². The fourth-order valence-corrected chi connectivity index (χ4v) is 2.50. The molecule has 1 fully saturated rings. The summed E-state index contributed by atoms with van der Waals surface area (Å²) in [7, 11) is 3.50. The van der Waals surface area contributed by atoms with Crippen LogP contribution in [0.25, 0.3) is 0 Å². The summed E-state index contributed by atoms with van der Waals surface area (Å²) < 4.78 is 6.03. The van der Waals surface area contributed by atoms with Crippen LogP contribution in [-0.4, -0.2) is 32.7 Å². The van der Waals surface area contributed by atoms with E-state index >= 15 is 0 Å². The number of likely N-dealkylation sites (N-methyl/N-ethyl adjacent to an activating group) is 1. The Balaban J connectivity index is 2.23.